The second kappa shape index (κ2) is 8.69. The fourth-order valence-electron chi connectivity index (χ4n) is 2.21. The zero-order valence-electron chi connectivity index (χ0n) is 13.4. The van der Waals surface area contributed by atoms with E-state index in [4.69, 9.17) is 34.8 Å². The van der Waals surface area contributed by atoms with E-state index in [1.54, 1.807) is 30.5 Å². The Balaban J connectivity index is 1.62. The lowest BCUT2D eigenvalue weighted by Gasteiger charge is -2.03. The summed E-state index contributed by atoms with van der Waals surface area (Å²) in [6.07, 6.45) is 5.50. The van der Waals surface area contributed by atoms with Crippen molar-refractivity contribution in [1.29, 1.82) is 0 Å². The van der Waals surface area contributed by atoms with E-state index in [0.29, 0.717) is 26.6 Å². The van der Waals surface area contributed by atoms with E-state index < -0.39 is 0 Å². The minimum Gasteiger partial charge on any atom is -0.298 e. The van der Waals surface area contributed by atoms with E-state index in [0.717, 1.165) is 16.0 Å². The lowest BCUT2D eigenvalue weighted by atomic mass is 10.1. The third-order valence-electron chi connectivity index (χ3n) is 3.48. The van der Waals surface area contributed by atoms with E-state index in [1.807, 2.05) is 24.3 Å². The molecule has 1 N–H and O–H groups in total. The maximum Gasteiger partial charge on any atom is 0.250 e. The molecule has 0 aliphatic rings. The van der Waals surface area contributed by atoms with Crippen molar-refractivity contribution >= 4 is 63.3 Å². The fourth-order valence-corrected chi connectivity index (χ4v) is 3.56. The SMILES string of the molecule is O=C(C=Cc1ccc(Cl)cc1)Nc1ncc(Cc2cccc(Cl)c2Cl)s1. The molecule has 1 aromatic heterocycles. The Kier molecular flexibility index (Phi) is 6.33. The largest absolute Gasteiger partial charge is 0.298 e. The van der Waals surface area contributed by atoms with Gasteiger partial charge in [-0.2, -0.15) is 0 Å². The zero-order chi connectivity index (χ0) is 18.5. The molecule has 3 aromatic rings. The quantitative estimate of drug-likeness (QED) is 0.486. The van der Waals surface area contributed by atoms with Gasteiger partial charge in [-0.3, -0.25) is 10.1 Å². The molecule has 0 unspecified atom stereocenters. The predicted molar refractivity (Wildman–Crippen MR) is 110 cm³/mol. The summed E-state index contributed by atoms with van der Waals surface area (Å²) in [7, 11) is 0. The van der Waals surface area contributed by atoms with E-state index in [1.165, 1.54) is 17.4 Å². The van der Waals surface area contributed by atoms with Gasteiger partial charge in [-0.1, -0.05) is 59.1 Å². The number of anilines is 1. The van der Waals surface area contributed by atoms with Gasteiger partial charge in [0.05, 0.1) is 10.0 Å². The van der Waals surface area contributed by atoms with Gasteiger partial charge in [0.2, 0.25) is 5.91 Å². The first kappa shape index (κ1) is 18.9. The number of halogens is 3. The molecule has 0 aliphatic heterocycles. The van der Waals surface area contributed by atoms with Crippen LogP contribution in [0.15, 0.2) is 54.7 Å². The van der Waals surface area contributed by atoms with Crippen molar-refractivity contribution in [3.8, 4) is 0 Å². The minimum absolute atomic E-state index is 0.248. The number of hydrogen-bond acceptors (Lipinski definition) is 3. The lowest BCUT2D eigenvalue weighted by Crippen LogP contribution is -2.07. The van der Waals surface area contributed by atoms with Gasteiger partial charge in [0.1, 0.15) is 0 Å². The van der Waals surface area contributed by atoms with Gasteiger partial charge >= 0.3 is 0 Å². The van der Waals surface area contributed by atoms with Crippen molar-refractivity contribution in [3.63, 3.8) is 0 Å². The second-order valence-corrected chi connectivity index (χ2v) is 7.73. The molecule has 0 radical (unpaired) electrons. The van der Waals surface area contributed by atoms with Crippen molar-refractivity contribution in [2.75, 3.05) is 5.32 Å². The standard InChI is InChI=1S/C19H13Cl3N2OS/c20-14-7-4-12(5-8-14)6-9-17(25)24-19-23-11-15(26-19)10-13-2-1-3-16(21)18(13)22/h1-9,11H,10H2,(H,23,24,25). The van der Waals surface area contributed by atoms with Gasteiger partial charge in [-0.25, -0.2) is 4.98 Å². The third kappa shape index (κ3) is 5.08. The first-order valence-electron chi connectivity index (χ1n) is 7.63. The monoisotopic (exact) mass is 422 g/mol. The number of aromatic nitrogens is 1. The average molecular weight is 424 g/mol. The highest BCUT2D eigenvalue weighted by Gasteiger charge is 2.09. The molecule has 0 saturated heterocycles. The fraction of sp³-hybridized carbons (Fsp3) is 0.0526. The van der Waals surface area contributed by atoms with Gasteiger partial charge < -0.3 is 0 Å². The average Bonchev–Trinajstić information content (AvgIpc) is 3.05. The summed E-state index contributed by atoms with van der Waals surface area (Å²) < 4.78 is 0. The van der Waals surface area contributed by atoms with E-state index >= 15 is 0 Å². The number of benzene rings is 2. The summed E-state index contributed by atoms with van der Waals surface area (Å²) in [5.41, 5.74) is 1.81. The Hall–Kier alpha value is -1.85. The number of carbonyl (C=O) groups excluding carboxylic acids is 1. The Morgan fingerprint density at radius 3 is 2.65 bits per heavy atom. The first-order valence-corrected chi connectivity index (χ1v) is 9.58. The van der Waals surface area contributed by atoms with E-state index in [2.05, 4.69) is 10.3 Å². The Labute approximate surface area is 170 Å². The number of carbonyl (C=O) groups is 1. The summed E-state index contributed by atoms with van der Waals surface area (Å²) in [5, 5.41) is 5.00. The normalized spacial score (nSPS) is 11.0. The summed E-state index contributed by atoms with van der Waals surface area (Å²) in [5.74, 6) is -0.248. The van der Waals surface area contributed by atoms with Crippen LogP contribution < -0.4 is 5.32 Å². The summed E-state index contributed by atoms with van der Waals surface area (Å²) in [6, 6.07) is 12.7. The molecule has 1 heterocycles. The number of rotatable bonds is 5. The molecule has 0 saturated carbocycles. The Morgan fingerprint density at radius 2 is 1.88 bits per heavy atom. The van der Waals surface area contributed by atoms with Crippen LogP contribution in [-0.2, 0) is 11.2 Å². The molecule has 0 atom stereocenters. The van der Waals surface area contributed by atoms with Crippen LogP contribution in [-0.4, -0.2) is 10.9 Å². The number of amides is 1. The van der Waals surface area contributed by atoms with Crippen LogP contribution in [0.1, 0.15) is 16.0 Å². The van der Waals surface area contributed by atoms with Crippen LogP contribution in [0.3, 0.4) is 0 Å². The van der Waals surface area contributed by atoms with E-state index in [9.17, 15) is 4.79 Å². The molecule has 3 nitrogen and oxygen atoms in total. The zero-order valence-corrected chi connectivity index (χ0v) is 16.5. The molecule has 1 amide bonds. The van der Waals surface area contributed by atoms with Crippen molar-refractivity contribution in [3.05, 3.63) is 85.8 Å². The van der Waals surface area contributed by atoms with Crippen LogP contribution in [0.25, 0.3) is 6.08 Å². The lowest BCUT2D eigenvalue weighted by molar-refractivity contribution is -0.111. The summed E-state index contributed by atoms with van der Waals surface area (Å²) in [6.45, 7) is 0. The van der Waals surface area contributed by atoms with Crippen LogP contribution in [0.4, 0.5) is 5.13 Å². The molecule has 7 heteroatoms. The van der Waals surface area contributed by atoms with Gasteiger partial charge in [0, 0.05) is 28.6 Å². The number of hydrogen-bond donors (Lipinski definition) is 1. The maximum atomic E-state index is 12.0. The molecule has 132 valence electrons. The molecule has 0 bridgehead atoms. The van der Waals surface area contributed by atoms with Crippen molar-refractivity contribution in [2.24, 2.45) is 0 Å². The highest BCUT2D eigenvalue weighted by atomic mass is 35.5. The molecule has 2 aromatic carbocycles. The molecule has 3 rings (SSSR count). The van der Waals surface area contributed by atoms with Gasteiger partial charge in [0.25, 0.3) is 0 Å². The third-order valence-corrected chi connectivity index (χ3v) is 5.50. The van der Waals surface area contributed by atoms with Crippen molar-refractivity contribution in [1.82, 2.24) is 4.98 Å². The van der Waals surface area contributed by atoms with Crippen molar-refractivity contribution in [2.45, 2.75) is 6.42 Å². The minimum atomic E-state index is -0.248. The number of thiazole rings is 1. The molecule has 0 aliphatic carbocycles. The summed E-state index contributed by atoms with van der Waals surface area (Å²) >= 11 is 19.5. The number of nitrogens with zero attached hydrogens (tertiary/aromatic N) is 1. The highest BCUT2D eigenvalue weighted by molar-refractivity contribution is 7.15. The van der Waals surface area contributed by atoms with Crippen LogP contribution in [0.5, 0.6) is 0 Å². The Bertz CT molecular complexity index is 952. The molecule has 26 heavy (non-hydrogen) atoms. The van der Waals surface area contributed by atoms with E-state index in [-0.39, 0.29) is 5.91 Å². The predicted octanol–water partition coefficient (Wildman–Crippen LogP) is 6.35. The van der Waals surface area contributed by atoms with Gasteiger partial charge in [-0.05, 0) is 35.4 Å². The summed E-state index contributed by atoms with van der Waals surface area (Å²) in [4.78, 5) is 17.2. The van der Waals surface area contributed by atoms with Gasteiger partial charge in [-0.15, -0.1) is 11.3 Å². The maximum absolute atomic E-state index is 12.0. The highest BCUT2D eigenvalue weighted by Crippen LogP contribution is 2.29. The second-order valence-electron chi connectivity index (χ2n) is 5.40. The molecule has 0 fully saturated rings. The first-order chi connectivity index (χ1) is 12.5. The Morgan fingerprint density at radius 1 is 1.12 bits per heavy atom. The van der Waals surface area contributed by atoms with Gasteiger partial charge in [0.15, 0.2) is 5.13 Å². The van der Waals surface area contributed by atoms with Crippen molar-refractivity contribution < 1.29 is 4.79 Å². The molecule has 0 spiro atoms. The molecular weight excluding hydrogens is 411 g/mol. The van der Waals surface area contributed by atoms with Crippen LogP contribution in [0, 0.1) is 0 Å². The topological polar surface area (TPSA) is 42.0 Å². The van der Waals surface area contributed by atoms with Crippen LogP contribution >= 0.6 is 46.1 Å². The number of nitrogens with one attached hydrogen (secondary N) is 1. The molecular formula is C19H13Cl3N2OS. The smallest absolute Gasteiger partial charge is 0.250 e. The van der Waals surface area contributed by atoms with Crippen LogP contribution in [0.2, 0.25) is 15.1 Å².